The summed E-state index contributed by atoms with van der Waals surface area (Å²) in [5.41, 5.74) is 0. The van der Waals surface area contributed by atoms with Crippen LogP contribution in [0.15, 0.2) is 16.5 Å². The van der Waals surface area contributed by atoms with Crippen molar-refractivity contribution in [2.45, 2.75) is 34.6 Å². The van der Waals surface area contributed by atoms with Gasteiger partial charge < -0.3 is 19.4 Å². The van der Waals surface area contributed by atoms with Crippen molar-refractivity contribution in [2.75, 3.05) is 13.2 Å². The third kappa shape index (κ3) is 10.1. The number of hydrogen-bond acceptors (Lipinski definition) is 5. The number of carboxylic acid groups (broad SMARTS) is 1. The molecule has 0 fully saturated rings. The largest absolute Gasteiger partial charge is 0.475 e. The van der Waals surface area contributed by atoms with Crippen molar-refractivity contribution < 1.29 is 29.0 Å². The summed E-state index contributed by atoms with van der Waals surface area (Å²) < 4.78 is 9.14. The Morgan fingerprint density at radius 3 is 2.00 bits per heavy atom. The molecule has 0 aliphatic carbocycles. The lowest BCUT2D eigenvalue weighted by atomic mass is 10.3. The van der Waals surface area contributed by atoms with Crippen molar-refractivity contribution >= 4 is 11.9 Å². The average molecular weight is 288 g/mol. The molecule has 6 heteroatoms. The van der Waals surface area contributed by atoms with Gasteiger partial charge in [0.1, 0.15) is 6.61 Å². The molecule has 1 heterocycles. The molecule has 0 saturated carbocycles. The Morgan fingerprint density at radius 1 is 1.20 bits per heavy atom. The summed E-state index contributed by atoms with van der Waals surface area (Å²) in [4.78, 5) is 21.4. The smallest absolute Gasteiger partial charge is 0.374 e. The second-order valence-corrected chi connectivity index (χ2v) is 4.06. The standard InChI is InChI=1S/C8H8O6.C4H10.C2H6/c9-3-4-13-8(12)6-2-1-5(14-6)7(10)11;1-4(2)3;1-2/h1-2,9H,3-4H2,(H,10,11);4H,1-3H3;1-2H3. The van der Waals surface area contributed by atoms with Crippen LogP contribution in [0.2, 0.25) is 0 Å². The summed E-state index contributed by atoms with van der Waals surface area (Å²) in [6.07, 6.45) is 0. The van der Waals surface area contributed by atoms with E-state index in [0.29, 0.717) is 0 Å². The van der Waals surface area contributed by atoms with Gasteiger partial charge in [-0.2, -0.15) is 0 Å². The molecule has 0 aliphatic heterocycles. The van der Waals surface area contributed by atoms with Crippen LogP contribution in [0.25, 0.3) is 0 Å². The molecule has 20 heavy (non-hydrogen) atoms. The van der Waals surface area contributed by atoms with Crippen molar-refractivity contribution in [2.24, 2.45) is 5.92 Å². The maximum atomic E-state index is 11.0. The van der Waals surface area contributed by atoms with Gasteiger partial charge in [0.15, 0.2) is 0 Å². The summed E-state index contributed by atoms with van der Waals surface area (Å²) in [7, 11) is 0. The summed E-state index contributed by atoms with van der Waals surface area (Å²) in [6, 6.07) is 2.35. The first-order valence-corrected chi connectivity index (χ1v) is 6.49. The third-order valence-corrected chi connectivity index (χ3v) is 1.34. The quantitative estimate of drug-likeness (QED) is 0.827. The van der Waals surface area contributed by atoms with Crippen LogP contribution in [0.4, 0.5) is 0 Å². The maximum Gasteiger partial charge on any atom is 0.374 e. The summed E-state index contributed by atoms with van der Waals surface area (Å²) in [5.74, 6) is -1.76. The number of carboxylic acids is 1. The van der Waals surface area contributed by atoms with Crippen LogP contribution in [0, 0.1) is 5.92 Å². The van der Waals surface area contributed by atoms with Gasteiger partial charge in [-0.1, -0.05) is 34.6 Å². The van der Waals surface area contributed by atoms with Gasteiger partial charge in [0.25, 0.3) is 0 Å². The van der Waals surface area contributed by atoms with Crippen LogP contribution < -0.4 is 0 Å². The van der Waals surface area contributed by atoms with Gasteiger partial charge in [0, 0.05) is 0 Å². The first-order chi connectivity index (χ1) is 9.38. The SMILES string of the molecule is CC.CC(C)C.O=C(O)c1ccc(C(=O)OCCO)o1. The van der Waals surface area contributed by atoms with E-state index >= 15 is 0 Å². The van der Waals surface area contributed by atoms with E-state index in [1.54, 1.807) is 0 Å². The topological polar surface area (TPSA) is 97.0 Å². The van der Waals surface area contributed by atoms with E-state index in [1.807, 2.05) is 13.8 Å². The highest BCUT2D eigenvalue weighted by Gasteiger charge is 2.15. The van der Waals surface area contributed by atoms with Crippen LogP contribution in [0.1, 0.15) is 55.7 Å². The molecular formula is C14H24O6. The van der Waals surface area contributed by atoms with Crippen LogP contribution in [-0.2, 0) is 4.74 Å². The van der Waals surface area contributed by atoms with E-state index < -0.39 is 11.9 Å². The van der Waals surface area contributed by atoms with Crippen molar-refractivity contribution in [3.63, 3.8) is 0 Å². The number of furan rings is 1. The second kappa shape index (κ2) is 12.2. The molecule has 1 aromatic rings. The van der Waals surface area contributed by atoms with Gasteiger partial charge in [-0.15, -0.1) is 0 Å². The number of carbonyl (C=O) groups excluding carboxylic acids is 1. The number of hydrogen-bond donors (Lipinski definition) is 2. The van der Waals surface area contributed by atoms with E-state index in [0.717, 1.165) is 12.0 Å². The molecule has 0 unspecified atom stereocenters. The number of rotatable bonds is 4. The zero-order valence-corrected chi connectivity index (χ0v) is 12.7. The molecule has 0 bridgehead atoms. The normalized spacial score (nSPS) is 8.95. The molecule has 6 nitrogen and oxygen atoms in total. The predicted molar refractivity (Wildman–Crippen MR) is 74.9 cm³/mol. The highest BCUT2D eigenvalue weighted by atomic mass is 16.6. The van der Waals surface area contributed by atoms with Gasteiger partial charge in [0.05, 0.1) is 6.61 Å². The molecular weight excluding hydrogens is 264 g/mol. The molecule has 2 N–H and O–H groups in total. The Labute approximate surface area is 119 Å². The van der Waals surface area contributed by atoms with E-state index in [9.17, 15) is 9.59 Å². The average Bonchev–Trinajstić information content (AvgIpc) is 2.87. The molecule has 0 spiro atoms. The van der Waals surface area contributed by atoms with E-state index in [2.05, 4.69) is 29.9 Å². The number of esters is 1. The van der Waals surface area contributed by atoms with Gasteiger partial charge >= 0.3 is 11.9 Å². The molecule has 0 atom stereocenters. The Kier molecular flexibility index (Phi) is 12.5. The van der Waals surface area contributed by atoms with E-state index in [1.165, 1.54) is 6.07 Å². The minimum atomic E-state index is -1.26. The fourth-order valence-electron chi connectivity index (χ4n) is 0.772. The molecule has 0 saturated heterocycles. The van der Waals surface area contributed by atoms with Crippen molar-refractivity contribution in [3.05, 3.63) is 23.7 Å². The molecule has 1 rings (SSSR count). The Bertz CT molecular complexity index is 378. The maximum absolute atomic E-state index is 11.0. The van der Waals surface area contributed by atoms with Gasteiger partial charge in [-0.3, -0.25) is 0 Å². The number of aliphatic hydroxyl groups is 1. The summed E-state index contributed by atoms with van der Waals surface area (Å²) in [5, 5.41) is 16.8. The highest BCUT2D eigenvalue weighted by Crippen LogP contribution is 2.08. The first-order valence-electron chi connectivity index (χ1n) is 6.49. The number of ether oxygens (including phenoxy) is 1. The van der Waals surface area contributed by atoms with Gasteiger partial charge in [-0.25, -0.2) is 9.59 Å². The van der Waals surface area contributed by atoms with Crippen molar-refractivity contribution in [3.8, 4) is 0 Å². The number of aromatic carboxylic acids is 1. The minimum Gasteiger partial charge on any atom is -0.475 e. The molecule has 0 aromatic carbocycles. The first kappa shape index (κ1) is 20.5. The number of carbonyl (C=O) groups is 2. The Morgan fingerprint density at radius 2 is 1.65 bits per heavy atom. The number of aliphatic hydroxyl groups excluding tert-OH is 1. The minimum absolute atomic E-state index is 0.151. The molecule has 1 aromatic heterocycles. The Balaban J connectivity index is 0. The lowest BCUT2D eigenvalue weighted by molar-refractivity contribution is 0.0394. The fraction of sp³-hybridized carbons (Fsp3) is 0.571. The van der Waals surface area contributed by atoms with Crippen LogP contribution in [0.5, 0.6) is 0 Å². The van der Waals surface area contributed by atoms with Gasteiger partial charge in [-0.05, 0) is 18.1 Å². The van der Waals surface area contributed by atoms with Crippen molar-refractivity contribution in [1.82, 2.24) is 0 Å². The fourth-order valence-corrected chi connectivity index (χ4v) is 0.772. The summed E-state index contributed by atoms with van der Waals surface area (Å²) in [6.45, 7) is 10.1. The lowest BCUT2D eigenvalue weighted by Gasteiger charge is -1.98. The van der Waals surface area contributed by atoms with Crippen LogP contribution in [-0.4, -0.2) is 35.4 Å². The molecule has 0 radical (unpaired) electrons. The Hall–Kier alpha value is -1.82. The predicted octanol–water partition coefficient (Wildman–Crippen LogP) is 2.82. The lowest BCUT2D eigenvalue weighted by Crippen LogP contribution is -2.07. The monoisotopic (exact) mass is 288 g/mol. The van der Waals surface area contributed by atoms with E-state index in [4.69, 9.17) is 10.2 Å². The molecule has 0 amide bonds. The van der Waals surface area contributed by atoms with Gasteiger partial charge in [0.2, 0.25) is 11.5 Å². The highest BCUT2D eigenvalue weighted by molar-refractivity contribution is 5.89. The third-order valence-electron chi connectivity index (χ3n) is 1.34. The molecule has 0 aliphatic rings. The molecule has 116 valence electrons. The van der Waals surface area contributed by atoms with E-state index in [-0.39, 0.29) is 24.7 Å². The van der Waals surface area contributed by atoms with Crippen molar-refractivity contribution in [1.29, 1.82) is 0 Å². The van der Waals surface area contributed by atoms with Crippen LogP contribution in [0.3, 0.4) is 0 Å². The second-order valence-electron chi connectivity index (χ2n) is 4.06. The zero-order valence-electron chi connectivity index (χ0n) is 12.7. The van der Waals surface area contributed by atoms with Crippen LogP contribution >= 0.6 is 0 Å². The zero-order chi connectivity index (χ0) is 16.1. The summed E-state index contributed by atoms with van der Waals surface area (Å²) >= 11 is 0.